The molecule has 0 fully saturated rings. The average Bonchev–Trinajstić information content (AvgIpc) is 2.23. The maximum Gasteiger partial charge on any atom is 0.231 e. The fourth-order valence-corrected chi connectivity index (χ4v) is 1.38. The van der Waals surface area contributed by atoms with E-state index in [1.165, 1.54) is 0 Å². The van der Waals surface area contributed by atoms with Crippen LogP contribution in [0.2, 0.25) is 0 Å². The number of methoxy groups -OCH3 is 1. The minimum absolute atomic E-state index is 0.0154. The topological polar surface area (TPSA) is 96.9 Å². The first-order chi connectivity index (χ1) is 7.54. The number of hydrogen-bond acceptors (Lipinski definition) is 4. The van der Waals surface area contributed by atoms with Crippen molar-refractivity contribution >= 4 is 11.7 Å². The van der Waals surface area contributed by atoms with Crippen LogP contribution < -0.4 is 11.1 Å². The molecule has 0 aliphatic rings. The molecule has 4 N–H and O–H groups in total. The third-order valence-corrected chi connectivity index (χ3v) is 2.21. The normalized spacial score (nSPS) is 13.9. The van der Waals surface area contributed by atoms with Gasteiger partial charge in [0.25, 0.3) is 0 Å². The maximum atomic E-state index is 11.7. The van der Waals surface area contributed by atoms with E-state index in [9.17, 15) is 4.79 Å². The Balaban J connectivity index is 4.19. The number of rotatable bonds is 7. The van der Waals surface area contributed by atoms with E-state index < -0.39 is 5.92 Å². The van der Waals surface area contributed by atoms with Gasteiger partial charge in [0.15, 0.2) is 5.84 Å². The molecule has 0 aliphatic carbocycles. The quantitative estimate of drug-likeness (QED) is 0.191. The van der Waals surface area contributed by atoms with Crippen LogP contribution in [0, 0.1) is 11.8 Å². The highest BCUT2D eigenvalue weighted by Crippen LogP contribution is 2.11. The Kier molecular flexibility index (Phi) is 7.28. The van der Waals surface area contributed by atoms with Gasteiger partial charge in [-0.25, -0.2) is 0 Å². The number of nitrogens with zero attached hydrogens (tertiary/aromatic N) is 1. The van der Waals surface area contributed by atoms with Crippen LogP contribution in [0.4, 0.5) is 0 Å². The summed E-state index contributed by atoms with van der Waals surface area (Å²) < 4.78 is 4.86. The molecule has 1 unspecified atom stereocenters. The molecule has 6 heteroatoms. The predicted octanol–water partition coefficient (Wildman–Crippen LogP) is 0.158. The van der Waals surface area contributed by atoms with Gasteiger partial charge in [0.05, 0.1) is 0 Å². The minimum atomic E-state index is -0.590. The number of oxime groups is 1. The molecular weight excluding hydrogens is 210 g/mol. The lowest BCUT2D eigenvalue weighted by Crippen LogP contribution is -2.42. The van der Waals surface area contributed by atoms with Gasteiger partial charge in [-0.3, -0.25) is 4.79 Å². The van der Waals surface area contributed by atoms with Gasteiger partial charge in [-0.05, 0) is 12.3 Å². The summed E-state index contributed by atoms with van der Waals surface area (Å²) in [5.74, 6) is -0.883. The number of nitrogens with two attached hydrogens (primary N) is 1. The van der Waals surface area contributed by atoms with Crippen LogP contribution in [-0.2, 0) is 9.53 Å². The van der Waals surface area contributed by atoms with E-state index in [0.29, 0.717) is 13.2 Å². The highest BCUT2D eigenvalue weighted by Gasteiger charge is 2.26. The monoisotopic (exact) mass is 231 g/mol. The molecule has 0 saturated heterocycles. The van der Waals surface area contributed by atoms with Gasteiger partial charge in [-0.2, -0.15) is 0 Å². The summed E-state index contributed by atoms with van der Waals surface area (Å²) in [6, 6.07) is 0. The molecule has 0 aromatic carbocycles. The third-order valence-electron chi connectivity index (χ3n) is 2.21. The molecule has 0 bridgehead atoms. The van der Waals surface area contributed by atoms with Crippen LogP contribution in [0.1, 0.15) is 20.3 Å². The Bertz CT molecular complexity index is 241. The zero-order valence-corrected chi connectivity index (χ0v) is 10.1. The van der Waals surface area contributed by atoms with Crippen LogP contribution in [-0.4, -0.2) is 37.2 Å². The van der Waals surface area contributed by atoms with E-state index >= 15 is 0 Å². The first-order valence-corrected chi connectivity index (χ1v) is 5.28. The molecule has 0 aromatic heterocycles. The van der Waals surface area contributed by atoms with Crippen molar-refractivity contribution in [1.29, 1.82) is 0 Å². The van der Waals surface area contributed by atoms with E-state index in [0.717, 1.165) is 6.42 Å². The first kappa shape index (κ1) is 14.7. The number of hydrogen-bond donors (Lipinski definition) is 3. The molecule has 0 aliphatic heterocycles. The summed E-state index contributed by atoms with van der Waals surface area (Å²) >= 11 is 0. The van der Waals surface area contributed by atoms with Crippen LogP contribution in [0.3, 0.4) is 0 Å². The number of carbonyl (C=O) groups is 1. The second-order valence-electron chi connectivity index (χ2n) is 3.88. The summed E-state index contributed by atoms with van der Waals surface area (Å²) in [7, 11) is 1.61. The van der Waals surface area contributed by atoms with E-state index in [1.54, 1.807) is 7.11 Å². The lowest BCUT2D eigenvalue weighted by Gasteiger charge is -2.18. The number of ether oxygens (including phenoxy) is 1. The maximum absolute atomic E-state index is 11.7. The Labute approximate surface area is 95.8 Å². The standard InChI is InChI=1S/C10H21N3O3/c1-7(2)8(9(11)13-15)10(14)12-5-4-6-16-3/h7-8,15H,4-6H2,1-3H3,(H2,11,13)(H,12,14). The molecular formula is C10H21N3O3. The Morgan fingerprint density at radius 1 is 1.56 bits per heavy atom. The molecule has 16 heavy (non-hydrogen) atoms. The molecule has 0 rings (SSSR count). The fraction of sp³-hybridized carbons (Fsp3) is 0.800. The van der Waals surface area contributed by atoms with Gasteiger partial charge in [0.1, 0.15) is 5.92 Å². The number of nitrogens with one attached hydrogen (secondary N) is 1. The number of amidine groups is 1. The lowest BCUT2D eigenvalue weighted by atomic mass is 9.94. The van der Waals surface area contributed by atoms with Gasteiger partial charge in [-0.1, -0.05) is 19.0 Å². The molecule has 0 spiro atoms. The third kappa shape index (κ3) is 4.97. The zero-order chi connectivity index (χ0) is 12.6. The zero-order valence-electron chi connectivity index (χ0n) is 10.1. The van der Waals surface area contributed by atoms with E-state index in [2.05, 4.69) is 10.5 Å². The second kappa shape index (κ2) is 7.92. The Morgan fingerprint density at radius 2 is 2.19 bits per heavy atom. The molecule has 1 amide bonds. The lowest BCUT2D eigenvalue weighted by molar-refractivity contribution is -0.124. The van der Waals surface area contributed by atoms with Crippen molar-refractivity contribution in [2.45, 2.75) is 20.3 Å². The number of carbonyl (C=O) groups excluding carboxylic acids is 1. The second-order valence-corrected chi connectivity index (χ2v) is 3.88. The molecule has 0 aromatic rings. The van der Waals surface area contributed by atoms with Crippen LogP contribution in [0.5, 0.6) is 0 Å². The average molecular weight is 231 g/mol. The molecule has 0 heterocycles. The van der Waals surface area contributed by atoms with E-state index in [-0.39, 0.29) is 17.7 Å². The van der Waals surface area contributed by atoms with Crippen molar-refractivity contribution in [3.05, 3.63) is 0 Å². The predicted molar refractivity (Wildman–Crippen MR) is 61.2 cm³/mol. The fourth-order valence-electron chi connectivity index (χ4n) is 1.38. The largest absolute Gasteiger partial charge is 0.409 e. The van der Waals surface area contributed by atoms with Crippen molar-refractivity contribution < 1.29 is 14.7 Å². The van der Waals surface area contributed by atoms with Crippen LogP contribution >= 0.6 is 0 Å². The van der Waals surface area contributed by atoms with Crippen LogP contribution in [0.25, 0.3) is 0 Å². The highest BCUT2D eigenvalue weighted by molar-refractivity contribution is 6.02. The van der Waals surface area contributed by atoms with Gasteiger partial charge >= 0.3 is 0 Å². The summed E-state index contributed by atoms with van der Waals surface area (Å²) in [4.78, 5) is 11.7. The molecule has 1 atom stereocenters. The van der Waals surface area contributed by atoms with Gasteiger partial charge in [0.2, 0.25) is 5.91 Å². The SMILES string of the molecule is COCCCNC(=O)C(C(N)=NO)C(C)C. The smallest absolute Gasteiger partial charge is 0.231 e. The van der Waals surface area contributed by atoms with Crippen molar-refractivity contribution in [1.82, 2.24) is 5.32 Å². The first-order valence-electron chi connectivity index (χ1n) is 5.28. The van der Waals surface area contributed by atoms with Crippen molar-refractivity contribution in [2.24, 2.45) is 22.7 Å². The van der Waals surface area contributed by atoms with Gasteiger partial charge < -0.3 is 21.0 Å². The summed E-state index contributed by atoms with van der Waals surface area (Å²) in [6.45, 7) is 4.81. The molecule has 0 saturated carbocycles. The van der Waals surface area contributed by atoms with Crippen LogP contribution in [0.15, 0.2) is 5.16 Å². The van der Waals surface area contributed by atoms with E-state index in [1.807, 2.05) is 13.8 Å². The minimum Gasteiger partial charge on any atom is -0.409 e. The molecule has 6 nitrogen and oxygen atoms in total. The van der Waals surface area contributed by atoms with Gasteiger partial charge in [-0.15, -0.1) is 0 Å². The van der Waals surface area contributed by atoms with Gasteiger partial charge in [0, 0.05) is 20.3 Å². The highest BCUT2D eigenvalue weighted by atomic mass is 16.5. The number of amides is 1. The van der Waals surface area contributed by atoms with Crippen molar-refractivity contribution in [3.63, 3.8) is 0 Å². The molecule has 0 radical (unpaired) electrons. The Hall–Kier alpha value is -1.30. The Morgan fingerprint density at radius 3 is 2.62 bits per heavy atom. The summed E-state index contributed by atoms with van der Waals surface area (Å²) in [5.41, 5.74) is 5.46. The summed E-state index contributed by atoms with van der Waals surface area (Å²) in [6.07, 6.45) is 0.739. The molecule has 94 valence electrons. The van der Waals surface area contributed by atoms with Crippen molar-refractivity contribution in [3.8, 4) is 0 Å². The van der Waals surface area contributed by atoms with Crippen molar-refractivity contribution in [2.75, 3.05) is 20.3 Å². The van der Waals surface area contributed by atoms with E-state index in [4.69, 9.17) is 15.7 Å². The summed E-state index contributed by atoms with van der Waals surface area (Å²) in [5, 5.41) is 14.2.